The molecule has 54 valence electrons. The normalized spacial score (nSPS) is 10.6. The predicted octanol–water partition coefficient (Wildman–Crippen LogP) is 2.05. The Balaban J connectivity index is 2.67. The van der Waals surface area contributed by atoms with Gasteiger partial charge in [-0.3, -0.25) is 0 Å². The van der Waals surface area contributed by atoms with E-state index in [0.29, 0.717) is 0 Å². The Bertz CT molecular complexity index is 235. The Hall–Kier alpha value is -0.170. The van der Waals surface area contributed by atoms with Gasteiger partial charge in [0.05, 0.1) is 13.3 Å². The third-order valence-corrected chi connectivity index (χ3v) is 2.38. The van der Waals surface area contributed by atoms with Crippen LogP contribution in [0.3, 0.4) is 0 Å². The van der Waals surface area contributed by atoms with E-state index in [4.69, 9.17) is 0 Å². The summed E-state index contributed by atoms with van der Waals surface area (Å²) in [4.78, 5) is 7.95. The summed E-state index contributed by atoms with van der Waals surface area (Å²) in [6.45, 7) is 0. The SMILES string of the molecule is CO/C=N\c1cnc(I)s1. The molecule has 5 heteroatoms. The zero-order chi connectivity index (χ0) is 7.40. The molecule has 0 atom stereocenters. The number of aliphatic imine (C=N–C) groups is 1. The van der Waals surface area contributed by atoms with E-state index in [2.05, 4.69) is 37.3 Å². The second-order valence-corrected chi connectivity index (χ2v) is 4.18. The van der Waals surface area contributed by atoms with Crippen LogP contribution in [0.4, 0.5) is 5.00 Å². The van der Waals surface area contributed by atoms with Crippen molar-refractivity contribution in [2.45, 2.75) is 0 Å². The lowest BCUT2D eigenvalue weighted by molar-refractivity contribution is 0.423. The number of methoxy groups -OCH3 is 1. The molecule has 0 saturated carbocycles. The third kappa shape index (κ3) is 2.22. The van der Waals surface area contributed by atoms with Crippen molar-refractivity contribution in [2.75, 3.05) is 7.11 Å². The number of nitrogens with zero attached hydrogens (tertiary/aromatic N) is 2. The predicted molar refractivity (Wildman–Crippen MR) is 50.0 cm³/mol. The Labute approximate surface area is 76.3 Å². The Morgan fingerprint density at radius 2 is 2.70 bits per heavy atom. The van der Waals surface area contributed by atoms with Gasteiger partial charge in [0.25, 0.3) is 0 Å². The van der Waals surface area contributed by atoms with Crippen molar-refractivity contribution in [1.82, 2.24) is 4.98 Å². The molecule has 0 amide bonds. The first-order valence-electron chi connectivity index (χ1n) is 2.49. The molecule has 0 saturated heterocycles. The monoisotopic (exact) mass is 268 g/mol. The number of rotatable bonds is 2. The Morgan fingerprint density at radius 3 is 3.20 bits per heavy atom. The van der Waals surface area contributed by atoms with Crippen LogP contribution in [-0.2, 0) is 4.74 Å². The fraction of sp³-hybridized carbons (Fsp3) is 0.200. The molecule has 0 aromatic carbocycles. The maximum absolute atomic E-state index is 4.64. The summed E-state index contributed by atoms with van der Waals surface area (Å²) >= 11 is 3.67. The molecule has 0 aliphatic carbocycles. The highest BCUT2D eigenvalue weighted by molar-refractivity contribution is 14.1. The summed E-state index contributed by atoms with van der Waals surface area (Å²) in [6.07, 6.45) is 3.10. The minimum absolute atomic E-state index is 0.867. The van der Waals surface area contributed by atoms with Gasteiger partial charge in [0.15, 0.2) is 9.42 Å². The van der Waals surface area contributed by atoms with Gasteiger partial charge in [-0.2, -0.15) is 0 Å². The first-order chi connectivity index (χ1) is 4.83. The van der Waals surface area contributed by atoms with Crippen molar-refractivity contribution in [2.24, 2.45) is 4.99 Å². The van der Waals surface area contributed by atoms with Crippen LogP contribution in [0.2, 0.25) is 0 Å². The van der Waals surface area contributed by atoms with Crippen molar-refractivity contribution in [1.29, 1.82) is 0 Å². The molecule has 3 nitrogen and oxygen atoms in total. The minimum atomic E-state index is 0.867. The van der Waals surface area contributed by atoms with Gasteiger partial charge in [-0.25, -0.2) is 9.98 Å². The molecule has 0 N–H and O–H groups in total. The van der Waals surface area contributed by atoms with Crippen LogP contribution in [0.15, 0.2) is 11.2 Å². The van der Waals surface area contributed by atoms with E-state index in [0.717, 1.165) is 8.02 Å². The lowest BCUT2D eigenvalue weighted by atomic mass is 10.9. The van der Waals surface area contributed by atoms with Crippen LogP contribution in [0.5, 0.6) is 0 Å². The van der Waals surface area contributed by atoms with Crippen LogP contribution < -0.4 is 0 Å². The number of hydrogen-bond acceptors (Lipinski definition) is 4. The maximum atomic E-state index is 4.64. The van der Waals surface area contributed by atoms with Crippen LogP contribution in [0, 0.1) is 3.01 Å². The molecule has 0 aliphatic heterocycles. The number of aromatic nitrogens is 1. The summed E-state index contributed by atoms with van der Waals surface area (Å²) in [5.74, 6) is 0. The van der Waals surface area contributed by atoms with Gasteiger partial charge in [0, 0.05) is 0 Å². The van der Waals surface area contributed by atoms with E-state index in [9.17, 15) is 0 Å². The van der Waals surface area contributed by atoms with Gasteiger partial charge in [-0.05, 0) is 22.6 Å². The summed E-state index contributed by atoms with van der Waals surface area (Å²) in [5, 5.41) is 0.867. The molecule has 1 aromatic heterocycles. The van der Waals surface area contributed by atoms with Crippen LogP contribution in [0.25, 0.3) is 0 Å². The average molecular weight is 268 g/mol. The number of ether oxygens (including phenoxy) is 1. The van der Waals surface area contributed by atoms with Gasteiger partial charge in [-0.15, -0.1) is 0 Å². The molecule has 0 unspecified atom stereocenters. The van der Waals surface area contributed by atoms with Crippen LogP contribution in [0.1, 0.15) is 0 Å². The molecule has 1 heterocycles. The lowest BCUT2D eigenvalue weighted by Crippen LogP contribution is -1.71. The number of hydrogen-bond donors (Lipinski definition) is 0. The van der Waals surface area contributed by atoms with E-state index >= 15 is 0 Å². The average Bonchev–Trinajstić information content (AvgIpc) is 2.31. The van der Waals surface area contributed by atoms with Gasteiger partial charge >= 0.3 is 0 Å². The zero-order valence-corrected chi connectivity index (χ0v) is 8.22. The third-order valence-electron chi connectivity index (χ3n) is 0.751. The quantitative estimate of drug-likeness (QED) is 0.467. The molecule has 1 aromatic rings. The molecule has 0 radical (unpaired) electrons. The lowest BCUT2D eigenvalue weighted by Gasteiger charge is -1.82. The molecular weight excluding hydrogens is 263 g/mol. The molecule has 1 rings (SSSR count). The van der Waals surface area contributed by atoms with Gasteiger partial charge in [0.2, 0.25) is 0 Å². The summed E-state index contributed by atoms with van der Waals surface area (Å²) < 4.78 is 5.63. The van der Waals surface area contributed by atoms with E-state index in [1.807, 2.05) is 0 Å². The van der Waals surface area contributed by atoms with Crippen molar-refractivity contribution >= 4 is 45.3 Å². The first-order valence-corrected chi connectivity index (χ1v) is 4.39. The highest BCUT2D eigenvalue weighted by atomic mass is 127. The van der Waals surface area contributed by atoms with Gasteiger partial charge < -0.3 is 4.74 Å². The van der Waals surface area contributed by atoms with Crippen LogP contribution in [-0.4, -0.2) is 18.5 Å². The van der Waals surface area contributed by atoms with E-state index in [-0.39, 0.29) is 0 Å². The Kier molecular flexibility index (Phi) is 3.07. The van der Waals surface area contributed by atoms with Crippen LogP contribution >= 0.6 is 33.9 Å². The summed E-state index contributed by atoms with van der Waals surface area (Å²) in [7, 11) is 1.56. The maximum Gasteiger partial charge on any atom is 0.175 e. The molecular formula is C5H5IN2OS. The number of halogens is 1. The fourth-order valence-electron chi connectivity index (χ4n) is 0.409. The van der Waals surface area contributed by atoms with E-state index in [1.165, 1.54) is 17.7 Å². The van der Waals surface area contributed by atoms with E-state index < -0.39 is 0 Å². The largest absolute Gasteiger partial charge is 0.486 e. The molecule has 0 fully saturated rings. The number of thiazole rings is 1. The molecule has 0 aliphatic rings. The van der Waals surface area contributed by atoms with E-state index in [1.54, 1.807) is 13.3 Å². The first kappa shape index (κ1) is 7.93. The zero-order valence-electron chi connectivity index (χ0n) is 5.24. The summed E-state index contributed by atoms with van der Waals surface area (Å²) in [6, 6.07) is 0. The fourth-order valence-corrected chi connectivity index (χ4v) is 1.70. The van der Waals surface area contributed by atoms with Crippen molar-refractivity contribution in [3.05, 3.63) is 9.21 Å². The minimum Gasteiger partial charge on any atom is -0.486 e. The molecule has 10 heavy (non-hydrogen) atoms. The molecule has 0 spiro atoms. The summed E-state index contributed by atoms with van der Waals surface area (Å²) in [5.41, 5.74) is 0. The van der Waals surface area contributed by atoms with Crippen molar-refractivity contribution < 1.29 is 4.74 Å². The topological polar surface area (TPSA) is 34.5 Å². The van der Waals surface area contributed by atoms with Gasteiger partial charge in [0.1, 0.15) is 5.00 Å². The Morgan fingerprint density at radius 1 is 1.90 bits per heavy atom. The highest BCUT2D eigenvalue weighted by Crippen LogP contribution is 2.22. The van der Waals surface area contributed by atoms with Crippen molar-refractivity contribution in [3.63, 3.8) is 0 Å². The van der Waals surface area contributed by atoms with Gasteiger partial charge in [-0.1, -0.05) is 11.3 Å². The van der Waals surface area contributed by atoms with Crippen molar-refractivity contribution in [3.8, 4) is 0 Å². The molecule has 0 bridgehead atoms. The standard InChI is InChI=1S/C5H5IN2OS/c1-9-3-8-4-2-7-5(6)10-4/h2-3H,1H3/b8-3-. The smallest absolute Gasteiger partial charge is 0.175 e. The highest BCUT2D eigenvalue weighted by Gasteiger charge is 1.93. The second-order valence-electron chi connectivity index (χ2n) is 1.42. The second kappa shape index (κ2) is 3.87.